The first-order chi connectivity index (χ1) is 13.7. The fourth-order valence-electron chi connectivity index (χ4n) is 2.88. The Hall–Kier alpha value is -1.71. The highest BCUT2D eigenvalue weighted by atomic mass is 32.2. The lowest BCUT2D eigenvalue weighted by Crippen LogP contribution is -2.32. The predicted molar refractivity (Wildman–Crippen MR) is 109 cm³/mol. The molecule has 2 rings (SSSR count). The number of carboxylic acids is 1. The number of hydrogen-bond acceptors (Lipinski definition) is 5. The second-order valence-electron chi connectivity index (χ2n) is 7.58. The van der Waals surface area contributed by atoms with Crippen molar-refractivity contribution in [3.63, 3.8) is 0 Å². The molecular formula is C20H31FN2O5S. The highest BCUT2D eigenvalue weighted by molar-refractivity contribution is 7.89. The molecule has 0 bridgehead atoms. The van der Waals surface area contributed by atoms with Crippen LogP contribution in [0.5, 0.6) is 5.75 Å². The molecule has 0 heterocycles. The van der Waals surface area contributed by atoms with Crippen LogP contribution in [0.15, 0.2) is 18.2 Å². The molecule has 2 N–H and O–H groups in total. The lowest BCUT2D eigenvalue weighted by atomic mass is 10.1. The molecule has 0 aliphatic heterocycles. The number of ether oxygens (including phenoxy) is 1. The molecule has 7 nitrogen and oxygen atoms in total. The van der Waals surface area contributed by atoms with Crippen molar-refractivity contribution in [2.75, 3.05) is 32.5 Å². The van der Waals surface area contributed by atoms with Gasteiger partial charge in [-0.25, -0.2) is 12.8 Å². The van der Waals surface area contributed by atoms with Crippen LogP contribution in [0.3, 0.4) is 0 Å². The van der Waals surface area contributed by atoms with E-state index < -0.39 is 27.9 Å². The van der Waals surface area contributed by atoms with Crippen molar-refractivity contribution in [2.45, 2.75) is 45.1 Å². The van der Waals surface area contributed by atoms with Gasteiger partial charge in [-0.05, 0) is 62.8 Å². The second-order valence-corrected chi connectivity index (χ2v) is 9.73. The van der Waals surface area contributed by atoms with Crippen molar-refractivity contribution in [2.24, 2.45) is 5.92 Å². The van der Waals surface area contributed by atoms with Crippen molar-refractivity contribution in [3.8, 4) is 5.75 Å². The van der Waals surface area contributed by atoms with Crippen LogP contribution < -0.4 is 10.1 Å². The van der Waals surface area contributed by atoms with Gasteiger partial charge in [0.1, 0.15) is 0 Å². The summed E-state index contributed by atoms with van der Waals surface area (Å²) < 4.78 is 46.1. The highest BCUT2D eigenvalue weighted by Gasteiger charge is 2.26. The Kier molecular flexibility index (Phi) is 8.85. The minimum absolute atomic E-state index is 0.0129. The van der Waals surface area contributed by atoms with Crippen LogP contribution in [0.2, 0.25) is 0 Å². The topological polar surface area (TPSA) is 95.9 Å². The van der Waals surface area contributed by atoms with Gasteiger partial charge in [-0.2, -0.15) is 4.31 Å². The summed E-state index contributed by atoms with van der Waals surface area (Å²) in [6.45, 7) is 2.70. The van der Waals surface area contributed by atoms with Crippen molar-refractivity contribution >= 4 is 16.0 Å². The molecule has 1 aliphatic rings. The molecular weight excluding hydrogens is 399 g/mol. The molecule has 29 heavy (non-hydrogen) atoms. The summed E-state index contributed by atoms with van der Waals surface area (Å²) in [6.07, 6.45) is 4.10. The Bertz CT molecular complexity index is 783. The van der Waals surface area contributed by atoms with Crippen molar-refractivity contribution in [1.29, 1.82) is 0 Å². The van der Waals surface area contributed by atoms with Crippen LogP contribution in [-0.2, 0) is 14.8 Å². The largest absolute Gasteiger partial charge is 0.490 e. The van der Waals surface area contributed by atoms with Gasteiger partial charge < -0.3 is 15.2 Å². The fraction of sp³-hybridized carbons (Fsp3) is 0.650. The van der Waals surface area contributed by atoms with Crippen LogP contribution in [0.1, 0.15) is 50.6 Å². The second kappa shape index (κ2) is 10.9. The summed E-state index contributed by atoms with van der Waals surface area (Å²) in [7, 11) is -1.94. The van der Waals surface area contributed by atoms with E-state index in [1.807, 2.05) is 0 Å². The Labute approximate surface area is 172 Å². The lowest BCUT2D eigenvalue weighted by Gasteiger charge is -2.25. The number of nitrogens with zero attached hydrogens (tertiary/aromatic N) is 1. The predicted octanol–water partition coefficient (Wildman–Crippen LogP) is 2.78. The maximum atomic E-state index is 14.0. The van der Waals surface area contributed by atoms with E-state index in [1.54, 1.807) is 19.1 Å². The van der Waals surface area contributed by atoms with Gasteiger partial charge in [0.2, 0.25) is 10.0 Å². The standard InChI is InChI=1S/C20H31FN2O5S/c1-15(17-8-9-18(21)19(12-17)28-14-16-6-7-16)23(2)29(26,27)11-5-3-4-10-22-13-20(24)25/h8-9,12,15-16,22H,3-7,10-11,13-14H2,1-2H3,(H,24,25). The number of nitrogens with one attached hydrogen (secondary N) is 1. The van der Waals surface area contributed by atoms with Crippen molar-refractivity contribution < 1.29 is 27.4 Å². The molecule has 0 radical (unpaired) electrons. The smallest absolute Gasteiger partial charge is 0.317 e. The Morgan fingerprint density at radius 3 is 2.72 bits per heavy atom. The van der Waals surface area contributed by atoms with Gasteiger partial charge >= 0.3 is 5.97 Å². The quantitative estimate of drug-likeness (QED) is 0.441. The molecule has 0 saturated heterocycles. The average Bonchev–Trinajstić information content (AvgIpc) is 3.49. The molecule has 1 fully saturated rings. The van der Waals surface area contributed by atoms with Crippen molar-refractivity contribution in [3.05, 3.63) is 29.6 Å². The normalized spacial score (nSPS) is 15.4. The van der Waals surface area contributed by atoms with Gasteiger partial charge in [-0.15, -0.1) is 0 Å². The molecule has 0 amide bonds. The van der Waals surface area contributed by atoms with Crippen LogP contribution in [0, 0.1) is 11.7 Å². The summed E-state index contributed by atoms with van der Waals surface area (Å²) in [6, 6.07) is 4.05. The number of halogens is 1. The third-order valence-electron chi connectivity index (χ3n) is 5.13. The number of carboxylic acid groups (broad SMARTS) is 1. The van der Waals surface area contributed by atoms with E-state index in [0.717, 1.165) is 12.8 Å². The molecule has 164 valence electrons. The number of carbonyl (C=O) groups is 1. The first-order valence-corrected chi connectivity index (χ1v) is 11.6. The Balaban J connectivity index is 1.84. The van der Waals surface area contributed by atoms with E-state index in [2.05, 4.69) is 5.32 Å². The van der Waals surface area contributed by atoms with Gasteiger partial charge in [-0.3, -0.25) is 4.79 Å². The number of sulfonamides is 1. The maximum absolute atomic E-state index is 14.0. The van der Waals surface area contributed by atoms with E-state index in [-0.39, 0.29) is 18.0 Å². The van der Waals surface area contributed by atoms with E-state index in [4.69, 9.17) is 9.84 Å². The third kappa shape index (κ3) is 7.91. The third-order valence-corrected chi connectivity index (χ3v) is 7.12. The molecule has 1 aromatic rings. The molecule has 1 atom stereocenters. The number of hydrogen-bond donors (Lipinski definition) is 2. The monoisotopic (exact) mass is 430 g/mol. The zero-order valence-corrected chi connectivity index (χ0v) is 17.9. The van der Waals surface area contributed by atoms with Crippen LogP contribution >= 0.6 is 0 Å². The fourth-order valence-corrected chi connectivity index (χ4v) is 4.34. The first-order valence-electron chi connectivity index (χ1n) is 10.0. The summed E-state index contributed by atoms with van der Waals surface area (Å²) in [5.74, 6) is -0.675. The van der Waals surface area contributed by atoms with Crippen LogP contribution in [-0.4, -0.2) is 56.3 Å². The van der Waals surface area contributed by atoms with Gasteiger partial charge in [0.25, 0.3) is 0 Å². The number of rotatable bonds is 14. The van der Waals surface area contributed by atoms with E-state index >= 15 is 0 Å². The molecule has 0 spiro atoms. The van der Waals surface area contributed by atoms with Crippen LogP contribution in [0.4, 0.5) is 4.39 Å². The van der Waals surface area contributed by atoms with Gasteiger partial charge in [-0.1, -0.05) is 12.5 Å². The van der Waals surface area contributed by atoms with Gasteiger partial charge in [0.05, 0.1) is 18.9 Å². The minimum Gasteiger partial charge on any atom is -0.490 e. The van der Waals surface area contributed by atoms with Gasteiger partial charge in [0.15, 0.2) is 11.6 Å². The molecule has 1 saturated carbocycles. The number of aliphatic carboxylic acids is 1. The zero-order chi connectivity index (χ0) is 21.4. The minimum atomic E-state index is -3.47. The SMILES string of the molecule is CC(c1ccc(F)c(OCC2CC2)c1)N(C)S(=O)(=O)CCCCCNCC(=O)O. The van der Waals surface area contributed by atoms with Crippen LogP contribution in [0.25, 0.3) is 0 Å². The summed E-state index contributed by atoms with van der Waals surface area (Å²) in [5.41, 5.74) is 0.682. The molecule has 0 aromatic heterocycles. The highest BCUT2D eigenvalue weighted by Crippen LogP contribution is 2.32. The molecule has 1 aliphatic carbocycles. The summed E-state index contributed by atoms with van der Waals surface area (Å²) in [5, 5.41) is 11.3. The van der Waals surface area contributed by atoms with E-state index in [1.165, 1.54) is 17.4 Å². The lowest BCUT2D eigenvalue weighted by molar-refractivity contribution is -0.135. The zero-order valence-electron chi connectivity index (χ0n) is 17.1. The van der Waals surface area contributed by atoms with Crippen molar-refractivity contribution in [1.82, 2.24) is 9.62 Å². The first kappa shape index (κ1) is 23.6. The van der Waals surface area contributed by atoms with E-state index in [9.17, 15) is 17.6 Å². The van der Waals surface area contributed by atoms with Gasteiger partial charge in [0, 0.05) is 13.1 Å². The summed E-state index contributed by atoms with van der Waals surface area (Å²) >= 11 is 0. The average molecular weight is 431 g/mol. The summed E-state index contributed by atoms with van der Waals surface area (Å²) in [4.78, 5) is 10.4. The maximum Gasteiger partial charge on any atom is 0.317 e. The Morgan fingerprint density at radius 2 is 2.07 bits per heavy atom. The number of unbranched alkanes of at least 4 members (excludes halogenated alkanes) is 2. The van der Waals surface area contributed by atoms with E-state index in [0.29, 0.717) is 43.9 Å². The molecule has 1 unspecified atom stereocenters. The number of benzene rings is 1. The molecule has 1 aromatic carbocycles. The Morgan fingerprint density at radius 1 is 1.34 bits per heavy atom. The molecule has 9 heteroatoms.